The van der Waals surface area contributed by atoms with E-state index in [1.807, 2.05) is 12.1 Å². The molecule has 0 bridgehead atoms. The lowest BCUT2D eigenvalue weighted by molar-refractivity contribution is -0.121. The maximum Gasteiger partial charge on any atom is 0.414 e. The molecule has 2 saturated heterocycles. The summed E-state index contributed by atoms with van der Waals surface area (Å²) in [6, 6.07) is 5.42. The molecular formula is C25H30ClN5O5S. The smallest absolute Gasteiger partial charge is 0.414 e. The number of thioether (sulfide) groups is 1. The molecule has 1 aromatic rings. The van der Waals surface area contributed by atoms with Crippen molar-refractivity contribution in [3.05, 3.63) is 40.8 Å². The quantitative estimate of drug-likeness (QED) is 0.428. The molecule has 0 saturated carbocycles. The topological polar surface area (TPSA) is 120 Å². The number of hydrogen-bond acceptors (Lipinski definition) is 7. The van der Waals surface area contributed by atoms with Crippen LogP contribution in [0.4, 0.5) is 21.9 Å². The maximum absolute atomic E-state index is 12.7. The van der Waals surface area contributed by atoms with Gasteiger partial charge in [-0.3, -0.25) is 19.3 Å². The van der Waals surface area contributed by atoms with E-state index in [2.05, 4.69) is 20.9 Å². The number of ether oxygens (including phenoxy) is 1. The molecule has 4 rings (SSSR count). The highest BCUT2D eigenvalue weighted by Crippen LogP contribution is 2.36. The molecule has 0 aliphatic carbocycles. The second-order valence-electron chi connectivity index (χ2n) is 9.03. The first-order chi connectivity index (χ1) is 17.7. The fraction of sp³-hybridized carbons (Fsp3) is 0.440. The van der Waals surface area contributed by atoms with Crippen LogP contribution in [0.15, 0.2) is 40.8 Å². The second-order valence-corrected chi connectivity index (χ2v) is 10.9. The van der Waals surface area contributed by atoms with Gasteiger partial charge in [-0.05, 0) is 44.0 Å². The lowest BCUT2D eigenvalue weighted by Gasteiger charge is -2.24. The number of halogens is 1. The van der Waals surface area contributed by atoms with E-state index in [1.54, 1.807) is 25.1 Å². The van der Waals surface area contributed by atoms with Gasteiger partial charge in [0.25, 0.3) is 0 Å². The normalized spacial score (nSPS) is 23.3. The van der Waals surface area contributed by atoms with E-state index in [0.717, 1.165) is 12.1 Å². The number of allylic oxidation sites excluding steroid dienone is 2. The molecule has 3 N–H and O–H groups in total. The molecule has 198 valence electrons. The summed E-state index contributed by atoms with van der Waals surface area (Å²) >= 11 is 7.26. The van der Waals surface area contributed by atoms with Crippen LogP contribution in [-0.2, 0) is 19.1 Å². The fourth-order valence-corrected chi connectivity index (χ4v) is 5.80. The zero-order valence-electron chi connectivity index (χ0n) is 20.7. The van der Waals surface area contributed by atoms with Crippen LogP contribution in [-0.4, -0.2) is 67.4 Å². The van der Waals surface area contributed by atoms with Gasteiger partial charge in [-0.2, -0.15) is 0 Å². The van der Waals surface area contributed by atoms with Crippen molar-refractivity contribution in [2.24, 2.45) is 0 Å². The van der Waals surface area contributed by atoms with Crippen LogP contribution in [0, 0.1) is 0 Å². The van der Waals surface area contributed by atoms with Crippen molar-refractivity contribution in [2.75, 3.05) is 41.3 Å². The molecule has 1 aromatic carbocycles. The van der Waals surface area contributed by atoms with E-state index in [9.17, 15) is 19.2 Å². The molecule has 10 nitrogen and oxygen atoms in total. The Morgan fingerprint density at radius 3 is 2.78 bits per heavy atom. The minimum absolute atomic E-state index is 0.0234. The van der Waals surface area contributed by atoms with Crippen molar-refractivity contribution in [1.82, 2.24) is 10.6 Å². The predicted octanol–water partition coefficient (Wildman–Crippen LogP) is 2.94. The number of anilines is 3. The van der Waals surface area contributed by atoms with Gasteiger partial charge in [0.15, 0.2) is 0 Å². The van der Waals surface area contributed by atoms with Gasteiger partial charge in [0.2, 0.25) is 17.7 Å². The Morgan fingerprint density at radius 2 is 2.08 bits per heavy atom. The number of cyclic esters (lactones) is 1. The minimum atomic E-state index is -0.524. The Balaban J connectivity index is 1.45. The lowest BCUT2D eigenvalue weighted by Crippen LogP contribution is -2.38. The van der Waals surface area contributed by atoms with Gasteiger partial charge in [-0.15, -0.1) is 11.8 Å². The van der Waals surface area contributed by atoms with Crippen molar-refractivity contribution < 1.29 is 23.9 Å². The van der Waals surface area contributed by atoms with Crippen LogP contribution >= 0.6 is 23.4 Å². The molecule has 0 aromatic heterocycles. The Kier molecular flexibility index (Phi) is 8.65. The van der Waals surface area contributed by atoms with Gasteiger partial charge < -0.3 is 25.6 Å². The van der Waals surface area contributed by atoms with Crippen molar-refractivity contribution >= 4 is 64.2 Å². The zero-order chi connectivity index (χ0) is 26.5. The average molecular weight is 548 g/mol. The molecule has 4 amide bonds. The van der Waals surface area contributed by atoms with Crippen LogP contribution in [0.2, 0.25) is 0 Å². The minimum Gasteiger partial charge on any atom is -0.442 e. The van der Waals surface area contributed by atoms with Crippen LogP contribution in [0.5, 0.6) is 0 Å². The third-order valence-electron chi connectivity index (χ3n) is 6.22. The maximum atomic E-state index is 12.7. The molecule has 12 heteroatoms. The van der Waals surface area contributed by atoms with Gasteiger partial charge in [-0.25, -0.2) is 4.79 Å². The van der Waals surface area contributed by atoms with E-state index in [4.69, 9.17) is 16.3 Å². The number of rotatable bonds is 8. The summed E-state index contributed by atoms with van der Waals surface area (Å²) in [7, 11) is 0. The zero-order valence-corrected chi connectivity index (χ0v) is 22.2. The van der Waals surface area contributed by atoms with Gasteiger partial charge in [-0.1, -0.05) is 23.8 Å². The summed E-state index contributed by atoms with van der Waals surface area (Å²) < 4.78 is 6.09. The number of hydrogen-bond donors (Lipinski definition) is 3. The Bertz CT molecular complexity index is 1140. The lowest BCUT2D eigenvalue weighted by atomic mass is 10.2. The molecule has 3 heterocycles. The first kappa shape index (κ1) is 26.9. The summed E-state index contributed by atoms with van der Waals surface area (Å²) in [4.78, 5) is 52.5. The van der Waals surface area contributed by atoms with E-state index < -0.39 is 12.2 Å². The third kappa shape index (κ3) is 6.78. The molecule has 3 unspecified atom stereocenters. The van der Waals surface area contributed by atoms with Crippen LogP contribution in [0.3, 0.4) is 0 Å². The van der Waals surface area contributed by atoms with E-state index in [0.29, 0.717) is 35.2 Å². The van der Waals surface area contributed by atoms with Crippen molar-refractivity contribution in [3.8, 4) is 0 Å². The third-order valence-corrected chi connectivity index (χ3v) is 7.73. The van der Waals surface area contributed by atoms with E-state index in [-0.39, 0.29) is 42.1 Å². The second kappa shape index (κ2) is 11.9. The molecule has 2 fully saturated rings. The number of benzene rings is 1. The number of amides is 4. The fourth-order valence-electron chi connectivity index (χ4n) is 4.54. The summed E-state index contributed by atoms with van der Waals surface area (Å²) in [6.45, 7) is 5.02. The Morgan fingerprint density at radius 1 is 1.27 bits per heavy atom. The molecular weight excluding hydrogens is 518 g/mol. The molecule has 3 aliphatic rings. The molecule has 0 radical (unpaired) electrons. The standard InChI is InChI=1S/C25H30ClN5O5S/c1-3-4-23(33)29-19-11-17(5-6-20(19)30-10-9-16(13-30)28-15(2)32)31-14-18(36-25(31)35)12-27-24(34)21-7-8-22(26)37-21/h3-6,8,11,16,18,21H,7,9-10,12-14H2,1-2H3,(H,27,34)(H,28,32)(H,29,33)/b4-3+. The summed E-state index contributed by atoms with van der Waals surface area (Å²) in [6.07, 6.45) is 5.21. The van der Waals surface area contributed by atoms with Crippen molar-refractivity contribution in [1.29, 1.82) is 0 Å². The first-order valence-corrected chi connectivity index (χ1v) is 13.4. The Labute approximate surface area is 224 Å². The largest absolute Gasteiger partial charge is 0.442 e. The highest BCUT2D eigenvalue weighted by atomic mass is 35.5. The molecule has 37 heavy (non-hydrogen) atoms. The van der Waals surface area contributed by atoms with Crippen molar-refractivity contribution in [2.45, 2.75) is 44.1 Å². The van der Waals surface area contributed by atoms with E-state index in [1.165, 1.54) is 29.7 Å². The number of nitrogens with one attached hydrogen (secondary N) is 3. The van der Waals surface area contributed by atoms with Gasteiger partial charge in [0.1, 0.15) is 6.10 Å². The van der Waals surface area contributed by atoms with E-state index >= 15 is 0 Å². The highest BCUT2D eigenvalue weighted by Gasteiger charge is 2.34. The molecule has 0 spiro atoms. The summed E-state index contributed by atoms with van der Waals surface area (Å²) in [5.41, 5.74) is 1.92. The van der Waals surface area contributed by atoms with Gasteiger partial charge >= 0.3 is 6.09 Å². The molecule has 3 atom stereocenters. The number of carbonyl (C=O) groups excluding carboxylic acids is 4. The number of carbonyl (C=O) groups is 4. The van der Waals surface area contributed by atoms with Crippen LogP contribution < -0.4 is 25.8 Å². The highest BCUT2D eigenvalue weighted by molar-refractivity contribution is 8.06. The molecule has 3 aliphatic heterocycles. The van der Waals surface area contributed by atoms with Crippen molar-refractivity contribution in [3.63, 3.8) is 0 Å². The number of nitrogens with zero attached hydrogens (tertiary/aromatic N) is 2. The van der Waals surface area contributed by atoms with Crippen LogP contribution in [0.1, 0.15) is 26.7 Å². The predicted molar refractivity (Wildman–Crippen MR) is 145 cm³/mol. The SMILES string of the molecule is C/C=C/C(=O)Nc1cc(N2CC(CNC(=O)C3CC=C(Cl)S3)OC2=O)ccc1N1CCC(NC(C)=O)C1. The summed E-state index contributed by atoms with van der Waals surface area (Å²) in [5.74, 6) is -0.514. The monoisotopic (exact) mass is 547 g/mol. The van der Waals surface area contributed by atoms with Gasteiger partial charge in [0.05, 0.1) is 34.1 Å². The Hall–Kier alpha value is -3.18. The average Bonchev–Trinajstić information content (AvgIpc) is 3.57. The van der Waals surface area contributed by atoms with Crippen LogP contribution in [0.25, 0.3) is 0 Å². The first-order valence-electron chi connectivity index (χ1n) is 12.1. The summed E-state index contributed by atoms with van der Waals surface area (Å²) in [5, 5.41) is 8.41. The van der Waals surface area contributed by atoms with Gasteiger partial charge in [0, 0.05) is 31.7 Å².